The molecule has 2 heterocycles. The van der Waals surface area contributed by atoms with Crippen molar-refractivity contribution in [3.63, 3.8) is 0 Å². The second kappa shape index (κ2) is 9.99. The maximum atomic E-state index is 12.5. The van der Waals surface area contributed by atoms with E-state index in [1.54, 1.807) is 12.4 Å². The molecule has 0 saturated carbocycles. The van der Waals surface area contributed by atoms with Gasteiger partial charge in [-0.3, -0.25) is 14.0 Å². The van der Waals surface area contributed by atoms with Crippen molar-refractivity contribution in [1.29, 1.82) is 0 Å². The van der Waals surface area contributed by atoms with Crippen LogP contribution in [0.5, 0.6) is 5.75 Å². The maximum absolute atomic E-state index is 12.5. The fraction of sp³-hybridized carbons (Fsp3) is 0.174. The molecule has 7 nitrogen and oxygen atoms in total. The molecule has 2 aromatic heterocycles. The minimum absolute atomic E-state index is 0.0991. The number of anilines is 1. The standard InChI is InChI=1S/C23H23N5O2S/c1-18-6-2-3-9-21(18)28-13-11-24-23(28)31-17-22(29)26-19-7-4-8-20(16-19)30-15-14-27-12-5-10-25-27/h2-13,16H,14-15,17H2,1H3,(H,26,29). The van der Waals surface area contributed by atoms with Crippen molar-refractivity contribution in [1.82, 2.24) is 19.3 Å². The number of ether oxygens (including phenoxy) is 1. The van der Waals surface area contributed by atoms with Crippen LogP contribution >= 0.6 is 11.8 Å². The Hall–Kier alpha value is -3.52. The van der Waals surface area contributed by atoms with Crippen molar-refractivity contribution in [3.8, 4) is 11.4 Å². The second-order valence-corrected chi connectivity index (χ2v) is 7.79. The lowest BCUT2D eigenvalue weighted by atomic mass is 10.2. The summed E-state index contributed by atoms with van der Waals surface area (Å²) in [5, 5.41) is 7.85. The molecule has 0 aliphatic rings. The summed E-state index contributed by atoms with van der Waals surface area (Å²) in [6.45, 7) is 3.21. The van der Waals surface area contributed by atoms with Crippen LogP contribution in [-0.2, 0) is 11.3 Å². The molecule has 8 heteroatoms. The lowest BCUT2D eigenvalue weighted by molar-refractivity contribution is -0.113. The molecule has 31 heavy (non-hydrogen) atoms. The van der Waals surface area contributed by atoms with Crippen LogP contribution in [0.25, 0.3) is 5.69 Å². The fourth-order valence-electron chi connectivity index (χ4n) is 3.09. The van der Waals surface area contributed by atoms with Gasteiger partial charge in [-0.15, -0.1) is 0 Å². The number of aromatic nitrogens is 4. The Morgan fingerprint density at radius 1 is 1.10 bits per heavy atom. The Labute approximate surface area is 185 Å². The van der Waals surface area contributed by atoms with Crippen LogP contribution in [0.4, 0.5) is 5.69 Å². The topological polar surface area (TPSA) is 74.0 Å². The van der Waals surface area contributed by atoms with E-state index in [1.807, 2.05) is 70.2 Å². The average Bonchev–Trinajstić information content (AvgIpc) is 3.45. The maximum Gasteiger partial charge on any atom is 0.234 e. The zero-order valence-electron chi connectivity index (χ0n) is 17.1. The van der Waals surface area contributed by atoms with Gasteiger partial charge in [-0.05, 0) is 36.8 Å². The Bertz CT molecular complexity index is 1140. The van der Waals surface area contributed by atoms with E-state index in [4.69, 9.17) is 4.74 Å². The highest BCUT2D eigenvalue weighted by atomic mass is 32.2. The van der Waals surface area contributed by atoms with Gasteiger partial charge >= 0.3 is 0 Å². The molecule has 0 radical (unpaired) electrons. The van der Waals surface area contributed by atoms with Gasteiger partial charge < -0.3 is 10.1 Å². The van der Waals surface area contributed by atoms with Gasteiger partial charge in [0.1, 0.15) is 12.4 Å². The van der Waals surface area contributed by atoms with E-state index in [9.17, 15) is 4.79 Å². The number of nitrogens with zero attached hydrogens (tertiary/aromatic N) is 4. The molecule has 4 aromatic rings. The molecule has 0 fully saturated rings. The fourth-order valence-corrected chi connectivity index (χ4v) is 3.86. The molecule has 0 spiro atoms. The minimum atomic E-state index is -0.0991. The van der Waals surface area contributed by atoms with E-state index < -0.39 is 0 Å². The van der Waals surface area contributed by atoms with Gasteiger partial charge in [0.15, 0.2) is 5.16 Å². The first-order chi connectivity index (χ1) is 15.2. The number of carbonyl (C=O) groups excluding carboxylic acids is 1. The molecular weight excluding hydrogens is 410 g/mol. The smallest absolute Gasteiger partial charge is 0.234 e. The molecule has 0 saturated heterocycles. The number of rotatable bonds is 9. The lowest BCUT2D eigenvalue weighted by Crippen LogP contribution is -2.14. The molecule has 158 valence electrons. The van der Waals surface area contributed by atoms with Gasteiger partial charge in [-0.25, -0.2) is 4.98 Å². The summed E-state index contributed by atoms with van der Waals surface area (Å²) in [5.41, 5.74) is 2.91. The van der Waals surface area contributed by atoms with Crippen LogP contribution in [-0.4, -0.2) is 37.6 Å². The van der Waals surface area contributed by atoms with E-state index >= 15 is 0 Å². The predicted octanol–water partition coefficient (Wildman–Crippen LogP) is 4.19. The summed E-state index contributed by atoms with van der Waals surface area (Å²) >= 11 is 1.40. The summed E-state index contributed by atoms with van der Waals surface area (Å²) in [7, 11) is 0. The number of hydrogen-bond acceptors (Lipinski definition) is 5. The van der Waals surface area contributed by atoms with Crippen molar-refractivity contribution in [2.24, 2.45) is 0 Å². The minimum Gasteiger partial charge on any atom is -0.492 e. The molecule has 4 rings (SSSR count). The monoisotopic (exact) mass is 433 g/mol. The van der Waals surface area contributed by atoms with Crippen LogP contribution < -0.4 is 10.1 Å². The number of thioether (sulfide) groups is 1. The SMILES string of the molecule is Cc1ccccc1-n1ccnc1SCC(=O)Nc1cccc(OCCn2cccn2)c1. The van der Waals surface area contributed by atoms with Crippen molar-refractivity contribution < 1.29 is 9.53 Å². The third kappa shape index (κ3) is 5.55. The number of para-hydroxylation sites is 1. The number of nitrogens with one attached hydrogen (secondary N) is 1. The Morgan fingerprint density at radius 3 is 2.84 bits per heavy atom. The average molecular weight is 434 g/mol. The first-order valence-corrected chi connectivity index (χ1v) is 10.9. The number of amides is 1. The summed E-state index contributed by atoms with van der Waals surface area (Å²) < 4.78 is 9.58. The van der Waals surface area contributed by atoms with Crippen LogP contribution in [0.15, 0.2) is 84.5 Å². The molecule has 0 aliphatic carbocycles. The van der Waals surface area contributed by atoms with E-state index in [0.29, 0.717) is 24.6 Å². The highest BCUT2D eigenvalue weighted by Gasteiger charge is 2.11. The van der Waals surface area contributed by atoms with Gasteiger partial charge in [-0.2, -0.15) is 5.10 Å². The summed E-state index contributed by atoms with van der Waals surface area (Å²) in [6, 6.07) is 17.4. The number of benzene rings is 2. The predicted molar refractivity (Wildman–Crippen MR) is 122 cm³/mol. The number of carbonyl (C=O) groups is 1. The molecule has 0 bridgehead atoms. The van der Waals surface area contributed by atoms with Gasteiger partial charge in [0.25, 0.3) is 0 Å². The molecule has 1 N–H and O–H groups in total. The van der Waals surface area contributed by atoms with Crippen LogP contribution in [0.1, 0.15) is 5.56 Å². The van der Waals surface area contributed by atoms with Crippen LogP contribution in [0, 0.1) is 6.92 Å². The van der Waals surface area contributed by atoms with Crippen molar-refractivity contribution in [2.75, 3.05) is 17.7 Å². The quantitative estimate of drug-likeness (QED) is 0.401. The number of hydrogen-bond donors (Lipinski definition) is 1. The van der Waals surface area contributed by atoms with Crippen LogP contribution in [0.3, 0.4) is 0 Å². The third-order valence-corrected chi connectivity index (χ3v) is 5.55. The summed E-state index contributed by atoms with van der Waals surface area (Å²) in [4.78, 5) is 16.9. The Balaban J connectivity index is 1.31. The molecule has 2 aromatic carbocycles. The van der Waals surface area contributed by atoms with E-state index in [-0.39, 0.29) is 11.7 Å². The van der Waals surface area contributed by atoms with Crippen molar-refractivity contribution in [3.05, 3.63) is 84.9 Å². The zero-order valence-corrected chi connectivity index (χ0v) is 18.0. The second-order valence-electron chi connectivity index (χ2n) is 6.85. The molecular formula is C23H23N5O2S. The normalized spacial score (nSPS) is 10.7. The molecule has 0 atom stereocenters. The lowest BCUT2D eigenvalue weighted by Gasteiger charge is -2.11. The van der Waals surface area contributed by atoms with Gasteiger partial charge in [-0.1, -0.05) is 36.0 Å². The zero-order chi connectivity index (χ0) is 21.5. The van der Waals surface area contributed by atoms with E-state index in [1.165, 1.54) is 11.8 Å². The summed E-state index contributed by atoms with van der Waals surface area (Å²) in [5.74, 6) is 0.860. The molecule has 0 aliphatic heterocycles. The van der Waals surface area contributed by atoms with Crippen molar-refractivity contribution >= 4 is 23.4 Å². The molecule has 1 amide bonds. The van der Waals surface area contributed by atoms with Crippen LogP contribution in [0.2, 0.25) is 0 Å². The summed E-state index contributed by atoms with van der Waals surface area (Å²) in [6.07, 6.45) is 7.28. The van der Waals surface area contributed by atoms with Gasteiger partial charge in [0.2, 0.25) is 5.91 Å². The number of imidazole rings is 1. The molecule has 0 unspecified atom stereocenters. The number of aryl methyl sites for hydroxylation is 1. The highest BCUT2D eigenvalue weighted by Crippen LogP contribution is 2.23. The van der Waals surface area contributed by atoms with Gasteiger partial charge in [0.05, 0.1) is 18.0 Å². The Morgan fingerprint density at radius 2 is 2.00 bits per heavy atom. The first kappa shape index (κ1) is 20.7. The van der Waals surface area contributed by atoms with Gasteiger partial charge in [0, 0.05) is 36.5 Å². The largest absolute Gasteiger partial charge is 0.492 e. The van der Waals surface area contributed by atoms with E-state index in [2.05, 4.69) is 28.4 Å². The third-order valence-electron chi connectivity index (χ3n) is 4.58. The van der Waals surface area contributed by atoms with E-state index in [0.717, 1.165) is 16.4 Å². The highest BCUT2D eigenvalue weighted by molar-refractivity contribution is 7.99. The van der Waals surface area contributed by atoms with Crippen molar-refractivity contribution in [2.45, 2.75) is 18.6 Å². The Kier molecular flexibility index (Phi) is 6.68. The first-order valence-electron chi connectivity index (χ1n) is 9.91.